The number of carbonyl (C=O) groups is 1. The molecule has 1 heterocycles. The highest BCUT2D eigenvalue weighted by atomic mass is 16.5. The van der Waals surface area contributed by atoms with Crippen molar-refractivity contribution >= 4 is 5.97 Å². The number of hydrogen-bond acceptors (Lipinski definition) is 3. The lowest BCUT2D eigenvalue weighted by molar-refractivity contribution is -0.138. The van der Waals surface area contributed by atoms with E-state index in [1.165, 1.54) is 89.3 Å². The maximum atomic E-state index is 10.6. The summed E-state index contributed by atoms with van der Waals surface area (Å²) < 4.78 is 7.71. The van der Waals surface area contributed by atoms with Crippen molar-refractivity contribution in [3.63, 3.8) is 0 Å². The van der Waals surface area contributed by atoms with Gasteiger partial charge in [0.25, 0.3) is 0 Å². The van der Waals surface area contributed by atoms with Gasteiger partial charge in [0, 0.05) is 24.9 Å². The van der Waals surface area contributed by atoms with Crippen LogP contribution in [0.15, 0.2) is 24.5 Å². The zero-order valence-corrected chi connectivity index (χ0v) is 20.1. The van der Waals surface area contributed by atoms with Gasteiger partial charge in [-0.05, 0) is 32.6 Å². The van der Waals surface area contributed by atoms with Gasteiger partial charge in [0.1, 0.15) is 5.82 Å². The van der Waals surface area contributed by atoms with Crippen molar-refractivity contribution < 1.29 is 14.6 Å². The first-order chi connectivity index (χ1) is 15.2. The Morgan fingerprint density at radius 1 is 1.06 bits per heavy atom. The Hall–Kier alpha value is -1.62. The Morgan fingerprint density at radius 2 is 1.74 bits per heavy atom. The van der Waals surface area contributed by atoms with Crippen molar-refractivity contribution in [3.8, 4) is 0 Å². The van der Waals surface area contributed by atoms with Crippen molar-refractivity contribution in [2.45, 2.75) is 116 Å². The molecule has 0 bridgehead atoms. The van der Waals surface area contributed by atoms with Gasteiger partial charge in [0.15, 0.2) is 0 Å². The van der Waals surface area contributed by atoms with Crippen LogP contribution in [-0.2, 0) is 16.1 Å². The fourth-order valence-electron chi connectivity index (χ4n) is 4.04. The molecule has 178 valence electrons. The van der Waals surface area contributed by atoms with Crippen LogP contribution in [0.5, 0.6) is 0 Å². The summed E-state index contributed by atoms with van der Waals surface area (Å²) in [4.78, 5) is 15.3. The van der Waals surface area contributed by atoms with Gasteiger partial charge in [-0.2, -0.15) is 0 Å². The molecule has 1 aromatic heterocycles. The summed E-state index contributed by atoms with van der Waals surface area (Å²) in [5.74, 6) is 0.875. The highest BCUT2D eigenvalue weighted by Crippen LogP contribution is 2.28. The minimum atomic E-state index is -0.812. The highest BCUT2D eigenvalue weighted by Gasteiger charge is 2.17. The van der Waals surface area contributed by atoms with Gasteiger partial charge in [-0.15, -0.1) is 0 Å². The third kappa shape index (κ3) is 14.1. The van der Waals surface area contributed by atoms with Crippen LogP contribution in [0.1, 0.15) is 115 Å². The van der Waals surface area contributed by atoms with E-state index in [0.29, 0.717) is 12.5 Å². The van der Waals surface area contributed by atoms with Gasteiger partial charge >= 0.3 is 5.97 Å². The Balaban J connectivity index is 2.49. The Labute approximate surface area is 190 Å². The quantitative estimate of drug-likeness (QED) is 0.165. The van der Waals surface area contributed by atoms with E-state index in [-0.39, 0.29) is 13.0 Å². The van der Waals surface area contributed by atoms with Crippen LogP contribution in [0.25, 0.3) is 0 Å². The third-order valence-electron chi connectivity index (χ3n) is 5.86. The van der Waals surface area contributed by atoms with Crippen LogP contribution in [0.3, 0.4) is 0 Å². The van der Waals surface area contributed by atoms with Crippen molar-refractivity contribution in [2.75, 3.05) is 13.2 Å². The lowest BCUT2D eigenvalue weighted by Crippen LogP contribution is -2.14. The van der Waals surface area contributed by atoms with Crippen LogP contribution < -0.4 is 0 Å². The number of nitrogens with zero attached hydrogens (tertiary/aromatic N) is 2. The van der Waals surface area contributed by atoms with Crippen LogP contribution in [0, 0.1) is 0 Å². The zero-order valence-electron chi connectivity index (χ0n) is 20.1. The summed E-state index contributed by atoms with van der Waals surface area (Å²) >= 11 is 0. The van der Waals surface area contributed by atoms with E-state index in [1.54, 1.807) is 0 Å². The summed E-state index contributed by atoms with van der Waals surface area (Å²) in [5, 5.41) is 8.73. The molecule has 0 aliphatic heterocycles. The number of hydrogen-bond donors (Lipinski definition) is 1. The SMILES string of the molecule is C/C=C/CCCCCC(CCCCCCCCC)c1nccn1CCOCCC(=O)O. The molecule has 0 aliphatic rings. The van der Waals surface area contributed by atoms with Crippen molar-refractivity contribution in [1.29, 1.82) is 0 Å². The lowest BCUT2D eigenvalue weighted by Gasteiger charge is -2.19. The number of allylic oxidation sites excluding steroid dienone is 2. The standard InChI is InChI=1S/C26H46N2O3/c1-3-5-7-9-11-13-15-17-24(16-14-12-10-8-6-4-2)26-27-19-20-28(26)21-23-31-22-18-25(29)30/h4,6,19-20,24H,3,5,7-18,21-23H2,1-2H3,(H,29,30)/b6-4+. The number of imidazole rings is 1. The average Bonchev–Trinajstić information content (AvgIpc) is 3.22. The molecule has 5 heteroatoms. The molecule has 0 spiro atoms. The molecule has 0 saturated heterocycles. The summed E-state index contributed by atoms with van der Waals surface area (Å²) in [6.45, 7) is 5.90. The highest BCUT2D eigenvalue weighted by molar-refractivity contribution is 5.66. The normalized spacial score (nSPS) is 12.6. The molecule has 1 unspecified atom stereocenters. The first kappa shape index (κ1) is 27.4. The summed E-state index contributed by atoms with van der Waals surface area (Å²) in [6.07, 6.45) is 25.1. The van der Waals surface area contributed by atoms with Gasteiger partial charge in [0.2, 0.25) is 0 Å². The second kappa shape index (κ2) is 19.1. The van der Waals surface area contributed by atoms with Gasteiger partial charge in [-0.25, -0.2) is 4.98 Å². The molecule has 1 atom stereocenters. The number of unbranched alkanes of at least 4 members (excludes halogenated alkanes) is 9. The van der Waals surface area contributed by atoms with Crippen LogP contribution in [0.2, 0.25) is 0 Å². The number of rotatable bonds is 21. The largest absolute Gasteiger partial charge is 0.481 e. The molecule has 0 aliphatic carbocycles. The van der Waals surface area contributed by atoms with Gasteiger partial charge in [-0.1, -0.05) is 76.9 Å². The third-order valence-corrected chi connectivity index (χ3v) is 5.86. The predicted octanol–water partition coefficient (Wildman–Crippen LogP) is 7.13. The first-order valence-corrected chi connectivity index (χ1v) is 12.6. The van der Waals surface area contributed by atoms with Crippen LogP contribution in [0.4, 0.5) is 0 Å². The van der Waals surface area contributed by atoms with E-state index in [1.807, 2.05) is 12.4 Å². The number of aromatic nitrogens is 2. The van der Waals surface area contributed by atoms with Gasteiger partial charge < -0.3 is 14.4 Å². The molecule has 5 nitrogen and oxygen atoms in total. The molecule has 0 amide bonds. The molecule has 0 aromatic carbocycles. The van der Waals surface area contributed by atoms with E-state index >= 15 is 0 Å². The Kier molecular flexibility index (Phi) is 16.9. The number of carboxylic acids is 1. The molecule has 0 fully saturated rings. The molecule has 31 heavy (non-hydrogen) atoms. The molecule has 1 aromatic rings. The average molecular weight is 435 g/mol. The van der Waals surface area contributed by atoms with Crippen molar-refractivity contribution in [2.24, 2.45) is 0 Å². The predicted molar refractivity (Wildman–Crippen MR) is 129 cm³/mol. The topological polar surface area (TPSA) is 64.4 Å². The minimum absolute atomic E-state index is 0.0604. The van der Waals surface area contributed by atoms with E-state index < -0.39 is 5.97 Å². The molecule has 0 saturated carbocycles. The minimum Gasteiger partial charge on any atom is -0.481 e. The smallest absolute Gasteiger partial charge is 0.305 e. The number of ether oxygens (including phenoxy) is 1. The fraction of sp³-hybridized carbons (Fsp3) is 0.769. The number of aliphatic carboxylic acids is 1. The van der Waals surface area contributed by atoms with Crippen molar-refractivity contribution in [3.05, 3.63) is 30.4 Å². The maximum absolute atomic E-state index is 10.6. The molecule has 0 radical (unpaired) electrons. The van der Waals surface area contributed by atoms with Crippen LogP contribution >= 0.6 is 0 Å². The summed E-state index contributed by atoms with van der Waals surface area (Å²) in [5.41, 5.74) is 0. The van der Waals surface area contributed by atoms with Gasteiger partial charge in [0.05, 0.1) is 19.6 Å². The lowest BCUT2D eigenvalue weighted by atomic mass is 9.93. The fourth-order valence-corrected chi connectivity index (χ4v) is 4.04. The summed E-state index contributed by atoms with van der Waals surface area (Å²) in [7, 11) is 0. The van der Waals surface area contributed by atoms with E-state index in [0.717, 1.165) is 6.54 Å². The van der Waals surface area contributed by atoms with E-state index in [2.05, 4.69) is 30.6 Å². The zero-order chi connectivity index (χ0) is 22.6. The second-order valence-corrected chi connectivity index (χ2v) is 8.55. The van der Waals surface area contributed by atoms with E-state index in [9.17, 15) is 4.79 Å². The molecular weight excluding hydrogens is 388 g/mol. The van der Waals surface area contributed by atoms with Crippen molar-refractivity contribution in [1.82, 2.24) is 9.55 Å². The molecule has 1 N–H and O–H groups in total. The first-order valence-electron chi connectivity index (χ1n) is 12.6. The van der Waals surface area contributed by atoms with Gasteiger partial charge in [-0.3, -0.25) is 4.79 Å². The van der Waals surface area contributed by atoms with E-state index in [4.69, 9.17) is 14.8 Å². The number of carboxylic acid groups (broad SMARTS) is 1. The Bertz CT molecular complexity index is 583. The monoisotopic (exact) mass is 434 g/mol. The second-order valence-electron chi connectivity index (χ2n) is 8.55. The van der Waals surface area contributed by atoms with Crippen LogP contribution in [-0.4, -0.2) is 33.8 Å². The molecular formula is C26H46N2O3. The molecule has 1 rings (SSSR count). The summed E-state index contributed by atoms with van der Waals surface area (Å²) in [6, 6.07) is 0. The maximum Gasteiger partial charge on any atom is 0.305 e. The Morgan fingerprint density at radius 3 is 2.42 bits per heavy atom.